The Hall–Kier alpha value is -9.86. The van der Waals surface area contributed by atoms with Crippen LogP contribution in [0.3, 0.4) is 0 Å². The lowest BCUT2D eigenvalue weighted by atomic mass is 9.83. The van der Waals surface area contributed by atoms with Crippen molar-refractivity contribution in [1.29, 1.82) is 0 Å². The molecule has 0 aliphatic rings. The number of aromatic nitrogens is 1. The number of hydrogen-bond donors (Lipinski definition) is 0. The molecule has 14 aromatic carbocycles. The minimum absolute atomic E-state index is 1.14. The van der Waals surface area contributed by atoms with Gasteiger partial charge in [0, 0.05) is 36.6 Å². The molecule has 2 aromatic heterocycles. The lowest BCUT2D eigenvalue weighted by molar-refractivity contribution is 1.18. The van der Waals surface area contributed by atoms with Crippen molar-refractivity contribution < 1.29 is 0 Å². The summed E-state index contributed by atoms with van der Waals surface area (Å²) in [5.74, 6) is 0. The molecule has 0 aliphatic carbocycles. The minimum Gasteiger partial charge on any atom is -0.309 e. The first-order valence-electron chi connectivity index (χ1n) is 26.9. The van der Waals surface area contributed by atoms with Crippen molar-refractivity contribution in [3.05, 3.63) is 285 Å². The molecule has 0 unspecified atom stereocenters. The molecule has 0 atom stereocenters. The number of rotatable bonds is 7. The number of fused-ring (bicyclic) bond motifs is 10. The first-order chi connectivity index (χ1) is 38.7. The highest BCUT2D eigenvalue weighted by atomic mass is 32.1. The highest BCUT2D eigenvalue weighted by Gasteiger charge is 2.22. The summed E-state index contributed by atoms with van der Waals surface area (Å²) in [6.45, 7) is 0. The molecule has 0 bridgehead atoms. The average molecular weight is 1010 g/mol. The van der Waals surface area contributed by atoms with Crippen LogP contribution in [0, 0.1) is 0 Å². The summed E-state index contributed by atoms with van der Waals surface area (Å²) in [7, 11) is 0. The van der Waals surface area contributed by atoms with Crippen molar-refractivity contribution in [3.63, 3.8) is 0 Å². The normalized spacial score (nSPS) is 11.8. The Bertz CT molecular complexity index is 5010. The summed E-state index contributed by atoms with van der Waals surface area (Å²) < 4.78 is 5.08. The summed E-state index contributed by atoms with van der Waals surface area (Å²) in [6, 6.07) is 106. The molecule has 362 valence electrons. The average Bonchev–Trinajstić information content (AvgIpc) is 4.15. The molecule has 16 aromatic rings. The summed E-state index contributed by atoms with van der Waals surface area (Å²) >= 11 is 1.89. The van der Waals surface area contributed by atoms with E-state index >= 15 is 0 Å². The van der Waals surface area contributed by atoms with E-state index in [0.29, 0.717) is 0 Å². The van der Waals surface area contributed by atoms with Crippen LogP contribution >= 0.6 is 11.3 Å². The third-order valence-electron chi connectivity index (χ3n) is 16.4. The lowest BCUT2D eigenvalue weighted by Gasteiger charge is -2.20. The van der Waals surface area contributed by atoms with Gasteiger partial charge in [0.25, 0.3) is 0 Å². The number of benzene rings is 14. The van der Waals surface area contributed by atoms with Gasteiger partial charge in [0.1, 0.15) is 0 Å². The quantitative estimate of drug-likeness (QED) is 0.140. The molecule has 0 aliphatic heterocycles. The molecular formula is C76H47NS. The Labute approximate surface area is 455 Å². The van der Waals surface area contributed by atoms with Crippen molar-refractivity contribution in [2.45, 2.75) is 0 Å². The molecule has 0 saturated heterocycles. The largest absolute Gasteiger partial charge is 0.309 e. The second-order valence-corrected chi connectivity index (χ2v) is 21.7. The van der Waals surface area contributed by atoms with Gasteiger partial charge in [-0.1, -0.05) is 243 Å². The fraction of sp³-hybridized carbons (Fsp3) is 0. The van der Waals surface area contributed by atoms with Crippen LogP contribution in [-0.4, -0.2) is 4.57 Å². The van der Waals surface area contributed by atoms with Crippen molar-refractivity contribution >= 4 is 96.4 Å². The molecule has 0 saturated carbocycles. The number of hydrogen-bond acceptors (Lipinski definition) is 1. The Morgan fingerprint density at radius 2 is 0.603 bits per heavy atom. The Balaban J connectivity index is 0.905. The topological polar surface area (TPSA) is 4.93 Å². The molecule has 0 fully saturated rings. The maximum absolute atomic E-state index is 2.46. The lowest BCUT2D eigenvalue weighted by Crippen LogP contribution is -1.96. The second-order valence-electron chi connectivity index (χ2n) is 20.6. The van der Waals surface area contributed by atoms with Gasteiger partial charge in [-0.05, 0) is 152 Å². The monoisotopic (exact) mass is 1010 g/mol. The zero-order valence-electron chi connectivity index (χ0n) is 42.5. The van der Waals surface area contributed by atoms with E-state index in [2.05, 4.69) is 290 Å². The molecule has 2 heteroatoms. The van der Waals surface area contributed by atoms with Crippen LogP contribution in [0.25, 0.3) is 158 Å². The molecule has 2 heterocycles. The van der Waals surface area contributed by atoms with E-state index < -0.39 is 0 Å². The van der Waals surface area contributed by atoms with E-state index in [9.17, 15) is 0 Å². The SMILES string of the molecule is c1ccc(-c2c3ccccc3c(-c3ccc(-c4cccc5c4sc4ccccc45)cc3)c3ccc(-c4ccc5c(-c6cccc(-n7c8ccccc8c8ccccc87)c6)c6ccccc6c(-c6ccccc6)c5c4)cc23)cc1. The molecule has 0 amide bonds. The van der Waals surface area contributed by atoms with Crippen LogP contribution < -0.4 is 0 Å². The molecule has 1 nitrogen and oxygen atoms in total. The van der Waals surface area contributed by atoms with Crippen LogP contribution in [0.1, 0.15) is 0 Å². The molecule has 0 spiro atoms. The zero-order chi connectivity index (χ0) is 51.3. The maximum Gasteiger partial charge on any atom is 0.0541 e. The predicted octanol–water partition coefficient (Wildman–Crippen LogP) is 21.8. The molecule has 78 heavy (non-hydrogen) atoms. The Morgan fingerprint density at radius 3 is 1.17 bits per heavy atom. The van der Waals surface area contributed by atoms with Crippen LogP contribution in [0.5, 0.6) is 0 Å². The highest BCUT2D eigenvalue weighted by Crippen LogP contribution is 2.49. The number of para-hydroxylation sites is 2. The van der Waals surface area contributed by atoms with E-state index in [1.165, 1.54) is 152 Å². The van der Waals surface area contributed by atoms with E-state index in [4.69, 9.17) is 0 Å². The summed E-state index contributed by atoms with van der Waals surface area (Å²) in [5, 5.41) is 15.0. The van der Waals surface area contributed by atoms with Gasteiger partial charge in [0.2, 0.25) is 0 Å². The molecular weight excluding hydrogens is 959 g/mol. The number of nitrogens with zero attached hydrogens (tertiary/aromatic N) is 1. The predicted molar refractivity (Wildman–Crippen MR) is 336 cm³/mol. The van der Waals surface area contributed by atoms with Crippen LogP contribution in [-0.2, 0) is 0 Å². The fourth-order valence-corrected chi connectivity index (χ4v) is 14.2. The maximum atomic E-state index is 2.46. The minimum atomic E-state index is 1.14. The van der Waals surface area contributed by atoms with Crippen molar-refractivity contribution in [2.24, 2.45) is 0 Å². The van der Waals surface area contributed by atoms with E-state index in [1.54, 1.807) is 0 Å². The third kappa shape index (κ3) is 6.94. The third-order valence-corrected chi connectivity index (χ3v) is 17.6. The highest BCUT2D eigenvalue weighted by molar-refractivity contribution is 7.26. The van der Waals surface area contributed by atoms with Gasteiger partial charge in [-0.25, -0.2) is 0 Å². The Kier molecular flexibility index (Phi) is 10.2. The summed E-state index contributed by atoms with van der Waals surface area (Å²) in [6.07, 6.45) is 0. The van der Waals surface area contributed by atoms with Gasteiger partial charge in [0.15, 0.2) is 0 Å². The van der Waals surface area contributed by atoms with Gasteiger partial charge in [-0.3, -0.25) is 0 Å². The van der Waals surface area contributed by atoms with Crippen molar-refractivity contribution in [2.75, 3.05) is 0 Å². The standard InChI is InChI=1S/C76H47NS/c1-3-19-49(20-4-1)73-61-29-8-7-28-60(61)72(51-39-37-48(38-40-51)56-32-18-33-66-59-27-13-16-36-71(59)78-76(56)66)64-43-41-52(46-67(64)73)53-42-44-65-68(47-53)74(50-21-5-2-6-22-50)62-30-9-10-31-63(62)75(65)54-23-17-24-55(45-54)77-69-34-14-11-25-57(69)58-26-12-15-35-70(58)77/h1-47H. The number of thiophene rings is 1. The van der Waals surface area contributed by atoms with Gasteiger partial charge in [-0.15, -0.1) is 11.3 Å². The van der Waals surface area contributed by atoms with Gasteiger partial charge in [0.05, 0.1) is 11.0 Å². The van der Waals surface area contributed by atoms with E-state index in [0.717, 1.165) is 5.69 Å². The summed E-state index contributed by atoms with van der Waals surface area (Å²) in [4.78, 5) is 0. The first kappa shape index (κ1) is 44.4. The van der Waals surface area contributed by atoms with Gasteiger partial charge in [-0.2, -0.15) is 0 Å². The van der Waals surface area contributed by atoms with Crippen molar-refractivity contribution in [1.82, 2.24) is 4.57 Å². The van der Waals surface area contributed by atoms with E-state index in [1.807, 2.05) is 11.3 Å². The van der Waals surface area contributed by atoms with E-state index in [-0.39, 0.29) is 0 Å². The first-order valence-corrected chi connectivity index (χ1v) is 27.7. The van der Waals surface area contributed by atoms with Crippen molar-refractivity contribution in [3.8, 4) is 72.4 Å². The van der Waals surface area contributed by atoms with Crippen LogP contribution in [0.2, 0.25) is 0 Å². The Morgan fingerprint density at radius 1 is 0.218 bits per heavy atom. The van der Waals surface area contributed by atoms with Gasteiger partial charge < -0.3 is 4.57 Å². The molecule has 0 N–H and O–H groups in total. The fourth-order valence-electron chi connectivity index (χ4n) is 13.0. The zero-order valence-corrected chi connectivity index (χ0v) is 43.3. The van der Waals surface area contributed by atoms with Gasteiger partial charge >= 0.3 is 0 Å². The summed E-state index contributed by atoms with van der Waals surface area (Å²) in [5.41, 5.74) is 18.2. The smallest absolute Gasteiger partial charge is 0.0541 e. The molecule has 16 rings (SSSR count). The second kappa shape index (κ2) is 17.9. The van der Waals surface area contributed by atoms with Crippen LogP contribution in [0.4, 0.5) is 0 Å². The van der Waals surface area contributed by atoms with Crippen LogP contribution in [0.15, 0.2) is 285 Å². The molecule has 0 radical (unpaired) electrons.